The molecule has 3 N–H and O–H groups in total. The number of primary amides is 1. The van der Waals surface area contributed by atoms with Gasteiger partial charge in [0.25, 0.3) is 5.91 Å². The van der Waals surface area contributed by atoms with Crippen LogP contribution in [0.2, 0.25) is 0 Å². The summed E-state index contributed by atoms with van der Waals surface area (Å²) in [6.45, 7) is 9.70. The Balaban J connectivity index is 0.000000227. The highest BCUT2D eigenvalue weighted by molar-refractivity contribution is 9.08. The van der Waals surface area contributed by atoms with Gasteiger partial charge in [0, 0.05) is 47.2 Å². The van der Waals surface area contributed by atoms with Crippen molar-refractivity contribution in [3.63, 3.8) is 0 Å². The fourth-order valence-electron chi connectivity index (χ4n) is 3.51. The van der Waals surface area contributed by atoms with Crippen LogP contribution < -0.4 is 5.73 Å². The Labute approximate surface area is 242 Å². The van der Waals surface area contributed by atoms with Gasteiger partial charge in [0.2, 0.25) is 0 Å². The van der Waals surface area contributed by atoms with Crippen LogP contribution in [0.1, 0.15) is 53.4 Å². The third kappa shape index (κ3) is 10.6. The van der Waals surface area contributed by atoms with Crippen molar-refractivity contribution in [2.75, 3.05) is 20.1 Å². The Bertz CT molecular complexity index is 1220. The molecule has 3 aromatic rings. The molecule has 39 heavy (non-hydrogen) atoms. The molecule has 0 saturated carbocycles. The molecule has 2 aromatic heterocycles. The summed E-state index contributed by atoms with van der Waals surface area (Å²) in [4.78, 5) is 44.0. The number of likely N-dealkylation sites (tertiary alicyclic amines) is 1. The number of benzene rings is 1. The molecular weight excluding hydrogens is 580 g/mol. The van der Waals surface area contributed by atoms with Gasteiger partial charge in [-0.1, -0.05) is 67.9 Å². The SMILES string of the molecule is CC(C)(C)c1ccc(C(N)=O)s1.CC(C=O)Cc1ccc(-c2ncc(CBr)cn2)cc1.CN1CC(C(=O)O)C1. The predicted octanol–water partition coefficient (Wildman–Crippen LogP) is 5.19. The normalized spacial score (nSPS) is 14.1. The van der Waals surface area contributed by atoms with Gasteiger partial charge in [0.05, 0.1) is 10.8 Å². The Morgan fingerprint density at radius 2 is 1.72 bits per heavy atom. The van der Waals surface area contributed by atoms with E-state index in [-0.39, 0.29) is 23.2 Å². The Morgan fingerprint density at radius 1 is 1.13 bits per heavy atom. The molecule has 0 aliphatic carbocycles. The lowest BCUT2D eigenvalue weighted by molar-refractivity contribution is -0.146. The second-order valence-electron chi connectivity index (χ2n) is 10.6. The number of carboxylic acids is 1. The van der Waals surface area contributed by atoms with Crippen molar-refractivity contribution in [2.45, 2.75) is 44.9 Å². The first-order valence-corrected chi connectivity index (χ1v) is 14.5. The lowest BCUT2D eigenvalue weighted by Gasteiger charge is -2.32. The maximum Gasteiger partial charge on any atom is 0.309 e. The molecule has 1 fully saturated rings. The summed E-state index contributed by atoms with van der Waals surface area (Å²) in [7, 11) is 1.92. The highest BCUT2D eigenvalue weighted by Gasteiger charge is 2.29. The van der Waals surface area contributed by atoms with Gasteiger partial charge in [0.1, 0.15) is 6.29 Å². The van der Waals surface area contributed by atoms with Crippen molar-refractivity contribution in [3.05, 3.63) is 69.7 Å². The number of thiophene rings is 1. The van der Waals surface area contributed by atoms with E-state index < -0.39 is 5.97 Å². The van der Waals surface area contributed by atoms with Crippen molar-refractivity contribution in [1.82, 2.24) is 14.9 Å². The van der Waals surface area contributed by atoms with E-state index in [1.807, 2.05) is 61.6 Å². The molecule has 10 heteroatoms. The predicted molar refractivity (Wildman–Crippen MR) is 159 cm³/mol. The summed E-state index contributed by atoms with van der Waals surface area (Å²) >= 11 is 4.84. The number of carbonyl (C=O) groups excluding carboxylic acids is 2. The third-order valence-electron chi connectivity index (χ3n) is 5.86. The van der Waals surface area contributed by atoms with Crippen molar-refractivity contribution >= 4 is 45.4 Å². The van der Waals surface area contributed by atoms with Crippen molar-refractivity contribution < 1.29 is 19.5 Å². The number of hydrogen-bond donors (Lipinski definition) is 2. The monoisotopic (exact) mass is 616 g/mol. The van der Waals surface area contributed by atoms with Gasteiger partial charge in [-0.15, -0.1) is 11.3 Å². The number of rotatable bonds is 7. The van der Waals surface area contributed by atoms with E-state index in [1.165, 1.54) is 16.2 Å². The summed E-state index contributed by atoms with van der Waals surface area (Å²) in [6.07, 6.45) is 5.39. The number of halogens is 1. The summed E-state index contributed by atoms with van der Waals surface area (Å²) in [5, 5.41) is 9.08. The maximum absolute atomic E-state index is 10.8. The van der Waals surface area contributed by atoms with Crippen molar-refractivity contribution in [1.29, 1.82) is 0 Å². The number of nitrogens with two attached hydrogens (primary N) is 1. The number of amides is 1. The van der Waals surface area contributed by atoms with E-state index in [4.69, 9.17) is 10.8 Å². The Kier molecular flexibility index (Phi) is 12.4. The van der Waals surface area contributed by atoms with Gasteiger partial charge < -0.3 is 20.5 Å². The summed E-state index contributed by atoms with van der Waals surface area (Å²) in [5.41, 5.74) is 8.45. The number of hydrogen-bond acceptors (Lipinski definition) is 7. The standard InChI is InChI=1S/C15H15BrN2O.C9H13NOS.C5H9NO2/c1-11(10-19)6-12-2-4-14(5-3-12)15-17-8-13(7-16)9-18-15;1-9(2,3)7-5-4-6(12-7)8(10)11;1-6-2-4(3-6)5(7)8/h2-5,8-11H,6-7H2,1H3;4-5H,1-3H3,(H2,10,11);4H,2-3H2,1H3,(H,7,8). The quantitative estimate of drug-likeness (QED) is 0.276. The van der Waals surface area contributed by atoms with Crippen molar-refractivity contribution in [3.8, 4) is 11.4 Å². The van der Waals surface area contributed by atoms with E-state index in [2.05, 4.69) is 46.7 Å². The smallest absolute Gasteiger partial charge is 0.309 e. The van der Waals surface area contributed by atoms with Crippen LogP contribution in [0.15, 0.2) is 48.8 Å². The van der Waals surface area contributed by atoms with E-state index in [9.17, 15) is 14.4 Å². The molecule has 1 unspecified atom stereocenters. The second kappa shape index (κ2) is 15.0. The number of carbonyl (C=O) groups is 3. The number of alkyl halides is 1. The molecule has 0 spiro atoms. The van der Waals surface area contributed by atoms with Gasteiger partial charge in [-0.05, 0) is 42.1 Å². The number of aldehydes is 1. The number of carboxylic acid groups (broad SMARTS) is 1. The molecule has 1 aliphatic heterocycles. The van der Waals surface area contributed by atoms with E-state index in [1.54, 1.807) is 6.07 Å². The average molecular weight is 618 g/mol. The minimum absolute atomic E-state index is 0.0558. The number of nitrogens with zero attached hydrogens (tertiary/aromatic N) is 3. The van der Waals surface area contributed by atoms with Gasteiger partial charge in [-0.2, -0.15) is 0 Å². The molecule has 3 heterocycles. The van der Waals surface area contributed by atoms with Crippen LogP contribution in [0.25, 0.3) is 11.4 Å². The summed E-state index contributed by atoms with van der Waals surface area (Å²) < 4.78 is 0. The van der Waals surface area contributed by atoms with E-state index in [0.717, 1.165) is 53.6 Å². The molecule has 4 rings (SSSR count). The highest BCUT2D eigenvalue weighted by Crippen LogP contribution is 2.29. The van der Waals surface area contributed by atoms with Gasteiger partial charge in [-0.25, -0.2) is 9.97 Å². The molecule has 1 aliphatic rings. The van der Waals surface area contributed by atoms with Gasteiger partial charge >= 0.3 is 5.97 Å². The second-order valence-corrected chi connectivity index (χ2v) is 12.2. The van der Waals surface area contributed by atoms with Crippen LogP contribution >= 0.6 is 27.3 Å². The van der Waals surface area contributed by atoms with Gasteiger partial charge in [0.15, 0.2) is 5.82 Å². The molecule has 1 amide bonds. The Morgan fingerprint density at radius 3 is 2.08 bits per heavy atom. The summed E-state index contributed by atoms with van der Waals surface area (Å²) in [5.74, 6) is -0.321. The number of aromatic nitrogens is 2. The molecule has 1 atom stereocenters. The molecule has 0 radical (unpaired) electrons. The van der Waals surface area contributed by atoms with Gasteiger partial charge in [-0.3, -0.25) is 9.59 Å². The summed E-state index contributed by atoms with van der Waals surface area (Å²) in [6, 6.07) is 11.8. The van der Waals surface area contributed by atoms with Crippen LogP contribution in [-0.2, 0) is 26.8 Å². The average Bonchev–Trinajstić information content (AvgIpc) is 3.40. The molecule has 1 aromatic carbocycles. The van der Waals surface area contributed by atoms with E-state index in [0.29, 0.717) is 4.88 Å². The minimum Gasteiger partial charge on any atom is -0.481 e. The maximum atomic E-state index is 10.8. The van der Waals surface area contributed by atoms with Crippen LogP contribution in [0.4, 0.5) is 0 Å². The fraction of sp³-hybridized carbons (Fsp3) is 0.414. The molecule has 8 nitrogen and oxygen atoms in total. The van der Waals surface area contributed by atoms with Crippen LogP contribution in [0, 0.1) is 11.8 Å². The lowest BCUT2D eigenvalue weighted by atomic mass is 9.95. The first-order chi connectivity index (χ1) is 18.3. The number of aliphatic carboxylic acids is 1. The Hall–Kier alpha value is -2.95. The first kappa shape index (κ1) is 32.3. The van der Waals surface area contributed by atoms with Crippen LogP contribution in [0.3, 0.4) is 0 Å². The zero-order valence-corrected chi connectivity index (χ0v) is 25.5. The molecule has 210 valence electrons. The lowest BCUT2D eigenvalue weighted by Crippen LogP contribution is -2.47. The minimum atomic E-state index is -0.664. The molecule has 0 bridgehead atoms. The van der Waals surface area contributed by atoms with Crippen LogP contribution in [0.5, 0.6) is 0 Å². The molecule has 1 saturated heterocycles. The first-order valence-electron chi connectivity index (χ1n) is 12.6. The van der Waals surface area contributed by atoms with E-state index >= 15 is 0 Å². The van der Waals surface area contributed by atoms with Crippen LogP contribution in [-0.4, -0.2) is 58.3 Å². The zero-order chi connectivity index (χ0) is 29.2. The fourth-order valence-corrected chi connectivity index (χ4v) is 4.72. The largest absolute Gasteiger partial charge is 0.481 e. The third-order valence-corrected chi connectivity index (χ3v) is 8.04. The highest BCUT2D eigenvalue weighted by atomic mass is 79.9. The topological polar surface area (TPSA) is 126 Å². The van der Waals surface area contributed by atoms with Crippen molar-refractivity contribution in [2.24, 2.45) is 17.6 Å². The zero-order valence-electron chi connectivity index (χ0n) is 23.1. The molecular formula is C29H37BrN4O4S.